The molecule has 0 aliphatic heterocycles. The summed E-state index contributed by atoms with van der Waals surface area (Å²) < 4.78 is 40.5. The Hall–Kier alpha value is -2.25. The number of rotatable bonds is 6. The Bertz CT molecular complexity index is 864. The molecule has 2 aromatic carbocycles. The van der Waals surface area contributed by atoms with Crippen molar-refractivity contribution in [3.05, 3.63) is 59.4 Å². The van der Waals surface area contributed by atoms with Gasteiger partial charge in [0.2, 0.25) is 10.0 Å². The fourth-order valence-electron chi connectivity index (χ4n) is 2.08. The average molecular weight is 364 g/mol. The summed E-state index contributed by atoms with van der Waals surface area (Å²) in [6, 6.07) is 9.82. The lowest BCUT2D eigenvalue weighted by atomic mass is 10.2. The molecule has 0 unspecified atom stereocenters. The van der Waals surface area contributed by atoms with Gasteiger partial charge < -0.3 is 5.32 Å². The van der Waals surface area contributed by atoms with E-state index in [1.807, 2.05) is 6.92 Å². The molecule has 134 valence electrons. The number of benzene rings is 2. The third-order valence-electron chi connectivity index (χ3n) is 3.83. The maximum Gasteiger partial charge on any atom is 0.255 e. The molecular weight excluding hydrogens is 343 g/mol. The maximum atomic E-state index is 13.5. The number of hydrogen-bond donors (Lipinski definition) is 2. The highest BCUT2D eigenvalue weighted by molar-refractivity contribution is 7.89. The fourth-order valence-corrected chi connectivity index (χ4v) is 3.40. The van der Waals surface area contributed by atoms with Crippen LogP contribution in [0.15, 0.2) is 47.4 Å². The van der Waals surface area contributed by atoms with Crippen molar-refractivity contribution < 1.29 is 17.6 Å². The van der Waals surface area contributed by atoms with Crippen LogP contribution >= 0.6 is 0 Å². The van der Waals surface area contributed by atoms with Gasteiger partial charge in [-0.25, -0.2) is 17.5 Å². The molecule has 0 saturated heterocycles. The summed E-state index contributed by atoms with van der Waals surface area (Å²) >= 11 is 0. The largest absolute Gasteiger partial charge is 0.322 e. The summed E-state index contributed by atoms with van der Waals surface area (Å²) in [4.78, 5) is 12.3. The lowest BCUT2D eigenvalue weighted by Gasteiger charge is -2.12. The third kappa shape index (κ3) is 4.87. The summed E-state index contributed by atoms with van der Waals surface area (Å²) in [6.45, 7) is 5.29. The van der Waals surface area contributed by atoms with E-state index in [9.17, 15) is 17.6 Å². The molecule has 1 atom stereocenters. The minimum absolute atomic E-state index is 0.0886. The van der Waals surface area contributed by atoms with Gasteiger partial charge in [0, 0.05) is 17.3 Å². The minimum Gasteiger partial charge on any atom is -0.322 e. The second-order valence-corrected chi connectivity index (χ2v) is 7.59. The Labute approximate surface area is 147 Å². The summed E-state index contributed by atoms with van der Waals surface area (Å²) in [6.07, 6.45) is 0.673. The lowest BCUT2D eigenvalue weighted by Crippen LogP contribution is -2.32. The van der Waals surface area contributed by atoms with Gasteiger partial charge in [0.25, 0.3) is 5.91 Å². The molecule has 0 saturated carbocycles. The first kappa shape index (κ1) is 19.1. The van der Waals surface area contributed by atoms with E-state index in [0.29, 0.717) is 17.7 Å². The zero-order chi connectivity index (χ0) is 18.6. The predicted octanol–water partition coefficient (Wildman–Crippen LogP) is 3.46. The number of halogens is 1. The summed E-state index contributed by atoms with van der Waals surface area (Å²) in [5.74, 6) is -0.850. The van der Waals surface area contributed by atoms with Gasteiger partial charge in [0.1, 0.15) is 5.82 Å². The van der Waals surface area contributed by atoms with E-state index >= 15 is 0 Å². The molecule has 0 fully saturated rings. The van der Waals surface area contributed by atoms with E-state index in [-0.39, 0.29) is 16.5 Å². The SMILES string of the molecule is CC[C@H](C)NS(=O)(=O)c1ccc(C(=O)Nc2ccc(C)c(F)c2)cc1. The topological polar surface area (TPSA) is 75.3 Å². The molecule has 2 rings (SSSR count). The van der Waals surface area contributed by atoms with Crippen LogP contribution in [0.2, 0.25) is 0 Å². The first-order valence-electron chi connectivity index (χ1n) is 7.93. The quantitative estimate of drug-likeness (QED) is 0.824. The van der Waals surface area contributed by atoms with Gasteiger partial charge in [-0.3, -0.25) is 4.79 Å². The minimum atomic E-state index is -3.61. The van der Waals surface area contributed by atoms with Crippen LogP contribution in [0.1, 0.15) is 36.2 Å². The zero-order valence-electron chi connectivity index (χ0n) is 14.3. The van der Waals surface area contributed by atoms with Crippen molar-refractivity contribution in [3.63, 3.8) is 0 Å². The van der Waals surface area contributed by atoms with Crippen LogP contribution in [-0.2, 0) is 10.0 Å². The smallest absolute Gasteiger partial charge is 0.255 e. The number of carbonyl (C=O) groups excluding carboxylic acids is 1. The predicted molar refractivity (Wildman–Crippen MR) is 95.6 cm³/mol. The summed E-state index contributed by atoms with van der Waals surface area (Å²) in [7, 11) is -3.61. The second kappa shape index (κ2) is 7.76. The van der Waals surface area contributed by atoms with Gasteiger partial charge >= 0.3 is 0 Å². The van der Waals surface area contributed by atoms with Crippen molar-refractivity contribution in [2.45, 2.75) is 38.1 Å². The van der Waals surface area contributed by atoms with Crippen LogP contribution in [0.5, 0.6) is 0 Å². The Morgan fingerprint density at radius 3 is 2.36 bits per heavy atom. The summed E-state index contributed by atoms with van der Waals surface area (Å²) in [5, 5.41) is 2.58. The Balaban J connectivity index is 2.13. The number of hydrogen-bond acceptors (Lipinski definition) is 3. The average Bonchev–Trinajstić information content (AvgIpc) is 2.57. The Morgan fingerprint density at radius 2 is 1.80 bits per heavy atom. The molecule has 0 bridgehead atoms. The number of amides is 1. The van der Waals surface area contributed by atoms with E-state index in [1.165, 1.54) is 30.3 Å². The number of anilines is 1. The van der Waals surface area contributed by atoms with Crippen LogP contribution in [0.4, 0.5) is 10.1 Å². The van der Waals surface area contributed by atoms with Crippen molar-refractivity contribution in [2.75, 3.05) is 5.32 Å². The van der Waals surface area contributed by atoms with Gasteiger partial charge in [-0.1, -0.05) is 13.0 Å². The molecule has 2 aromatic rings. The second-order valence-electron chi connectivity index (χ2n) is 5.87. The molecule has 25 heavy (non-hydrogen) atoms. The molecular formula is C18H21FN2O3S. The van der Waals surface area contributed by atoms with Crippen LogP contribution in [0, 0.1) is 12.7 Å². The number of sulfonamides is 1. The highest BCUT2D eigenvalue weighted by Gasteiger charge is 2.17. The molecule has 0 aliphatic rings. The van der Waals surface area contributed by atoms with Gasteiger partial charge in [0.15, 0.2) is 0 Å². The normalized spacial score (nSPS) is 12.6. The number of aryl methyl sites for hydroxylation is 1. The van der Waals surface area contributed by atoms with Gasteiger partial charge in [0.05, 0.1) is 4.90 Å². The molecule has 0 radical (unpaired) electrons. The molecule has 5 nitrogen and oxygen atoms in total. The van der Waals surface area contributed by atoms with Crippen LogP contribution in [0.3, 0.4) is 0 Å². The first-order valence-corrected chi connectivity index (χ1v) is 9.41. The van der Waals surface area contributed by atoms with Gasteiger partial charge in [-0.15, -0.1) is 0 Å². The van der Waals surface area contributed by atoms with E-state index in [0.717, 1.165) is 0 Å². The van der Waals surface area contributed by atoms with Crippen molar-refractivity contribution in [2.24, 2.45) is 0 Å². The van der Waals surface area contributed by atoms with Crippen LogP contribution in [-0.4, -0.2) is 20.4 Å². The van der Waals surface area contributed by atoms with Crippen molar-refractivity contribution >= 4 is 21.6 Å². The van der Waals surface area contributed by atoms with Crippen molar-refractivity contribution in [3.8, 4) is 0 Å². The van der Waals surface area contributed by atoms with E-state index < -0.39 is 21.7 Å². The maximum absolute atomic E-state index is 13.5. The lowest BCUT2D eigenvalue weighted by molar-refractivity contribution is 0.102. The van der Waals surface area contributed by atoms with Crippen LogP contribution in [0.25, 0.3) is 0 Å². The molecule has 0 aliphatic carbocycles. The van der Waals surface area contributed by atoms with E-state index in [1.54, 1.807) is 26.0 Å². The molecule has 7 heteroatoms. The number of carbonyl (C=O) groups is 1. The zero-order valence-corrected chi connectivity index (χ0v) is 15.2. The molecule has 0 spiro atoms. The Kier molecular flexibility index (Phi) is 5.92. The van der Waals surface area contributed by atoms with E-state index in [4.69, 9.17) is 0 Å². The van der Waals surface area contributed by atoms with Crippen molar-refractivity contribution in [1.29, 1.82) is 0 Å². The standard InChI is InChI=1S/C18H21FN2O3S/c1-4-13(3)21-25(23,24)16-9-6-14(7-10-16)18(22)20-15-8-5-12(2)17(19)11-15/h5-11,13,21H,4H2,1-3H3,(H,20,22)/t13-/m0/s1. The highest BCUT2D eigenvalue weighted by atomic mass is 32.2. The van der Waals surface area contributed by atoms with Gasteiger partial charge in [-0.2, -0.15) is 0 Å². The fraction of sp³-hybridized carbons (Fsp3) is 0.278. The summed E-state index contributed by atoms with van der Waals surface area (Å²) in [5.41, 5.74) is 1.10. The van der Waals surface area contributed by atoms with Gasteiger partial charge in [-0.05, 0) is 62.2 Å². The third-order valence-corrected chi connectivity index (χ3v) is 5.43. The monoisotopic (exact) mass is 364 g/mol. The Morgan fingerprint density at radius 1 is 1.16 bits per heavy atom. The molecule has 0 aromatic heterocycles. The van der Waals surface area contributed by atoms with E-state index in [2.05, 4.69) is 10.0 Å². The van der Waals surface area contributed by atoms with Crippen molar-refractivity contribution in [1.82, 2.24) is 4.72 Å². The first-order chi connectivity index (χ1) is 11.7. The molecule has 1 amide bonds. The number of nitrogens with one attached hydrogen (secondary N) is 2. The molecule has 0 heterocycles. The van der Waals surface area contributed by atoms with Crippen LogP contribution < -0.4 is 10.0 Å². The molecule has 2 N–H and O–H groups in total. The highest BCUT2D eigenvalue weighted by Crippen LogP contribution is 2.16.